The maximum Gasteiger partial charge on any atom is 0.251 e. The van der Waals surface area contributed by atoms with E-state index in [2.05, 4.69) is 26.0 Å². The minimum Gasteiger partial charge on any atom is -0.396 e. The fraction of sp³-hybridized carbons (Fsp3) is 0.375. The van der Waals surface area contributed by atoms with Gasteiger partial charge in [-0.25, -0.2) is 0 Å². The molecule has 1 aromatic heterocycles. The van der Waals surface area contributed by atoms with E-state index >= 15 is 0 Å². The molecule has 10 heteroatoms. The number of hydrogen-bond donors (Lipinski definition) is 3. The summed E-state index contributed by atoms with van der Waals surface area (Å²) in [5, 5.41) is 19.0. The molecular weight excluding hydrogens is 497 g/mol. The number of aromatic amines is 1. The van der Waals surface area contributed by atoms with Gasteiger partial charge in [-0.3, -0.25) is 9.89 Å². The van der Waals surface area contributed by atoms with E-state index < -0.39 is 0 Å². The van der Waals surface area contributed by atoms with Crippen LogP contribution < -0.4 is 10.6 Å². The molecular formula is C24H32Cl3N5O2. The third-order valence-corrected chi connectivity index (χ3v) is 5.58. The molecule has 3 aromatic rings. The van der Waals surface area contributed by atoms with Crippen molar-refractivity contribution in [3.05, 3.63) is 53.6 Å². The molecule has 1 atom stereocenters. The van der Waals surface area contributed by atoms with Crippen LogP contribution in [0.4, 0.5) is 0 Å². The van der Waals surface area contributed by atoms with Crippen molar-refractivity contribution in [2.75, 3.05) is 19.7 Å². The molecule has 1 fully saturated rings. The van der Waals surface area contributed by atoms with E-state index in [1.807, 2.05) is 49.4 Å². The summed E-state index contributed by atoms with van der Waals surface area (Å²) in [6.07, 6.45) is 6.35. The number of rotatable bonds is 8. The minimum absolute atomic E-state index is 0. The van der Waals surface area contributed by atoms with Gasteiger partial charge < -0.3 is 15.5 Å². The second-order valence-corrected chi connectivity index (χ2v) is 7.80. The molecule has 1 unspecified atom stereocenters. The quantitative estimate of drug-likeness (QED) is 0.279. The summed E-state index contributed by atoms with van der Waals surface area (Å²) >= 11 is 0. The van der Waals surface area contributed by atoms with Crippen LogP contribution in [0.2, 0.25) is 0 Å². The maximum atomic E-state index is 12.7. The van der Waals surface area contributed by atoms with E-state index in [0.717, 1.165) is 40.7 Å². The molecule has 7 nitrogen and oxygen atoms in total. The van der Waals surface area contributed by atoms with Gasteiger partial charge in [-0.2, -0.15) is 5.10 Å². The van der Waals surface area contributed by atoms with Crippen molar-refractivity contribution < 1.29 is 9.63 Å². The van der Waals surface area contributed by atoms with Crippen molar-refractivity contribution in [2.24, 2.45) is 5.16 Å². The van der Waals surface area contributed by atoms with Gasteiger partial charge >= 0.3 is 0 Å². The molecule has 1 saturated heterocycles. The highest BCUT2D eigenvalue weighted by atomic mass is 35.5. The topological polar surface area (TPSA) is 91.4 Å². The molecule has 0 spiro atoms. The van der Waals surface area contributed by atoms with Crippen LogP contribution in [-0.4, -0.2) is 48.1 Å². The van der Waals surface area contributed by atoms with E-state index in [0.29, 0.717) is 24.8 Å². The third kappa shape index (κ3) is 7.60. The molecule has 1 amide bonds. The minimum atomic E-state index is -0.0537. The lowest BCUT2D eigenvalue weighted by Gasteiger charge is -2.23. The highest BCUT2D eigenvalue weighted by molar-refractivity contribution is 5.99. The zero-order valence-electron chi connectivity index (χ0n) is 19.1. The Labute approximate surface area is 218 Å². The van der Waals surface area contributed by atoms with Gasteiger partial charge in [-0.05, 0) is 62.6 Å². The van der Waals surface area contributed by atoms with Crippen LogP contribution in [0.5, 0.6) is 0 Å². The first kappa shape index (κ1) is 29.7. The number of amides is 1. The molecule has 0 saturated carbocycles. The lowest BCUT2D eigenvalue weighted by atomic mass is 10.0. The second-order valence-electron chi connectivity index (χ2n) is 7.80. The van der Waals surface area contributed by atoms with Crippen molar-refractivity contribution in [1.82, 2.24) is 20.8 Å². The van der Waals surface area contributed by atoms with Crippen molar-refractivity contribution in [2.45, 2.75) is 38.6 Å². The summed E-state index contributed by atoms with van der Waals surface area (Å²) in [5.41, 5.74) is 4.20. The van der Waals surface area contributed by atoms with Crippen LogP contribution in [0.3, 0.4) is 0 Å². The molecule has 186 valence electrons. The Kier molecular flexibility index (Phi) is 13.0. The summed E-state index contributed by atoms with van der Waals surface area (Å²) in [6.45, 7) is 4.18. The van der Waals surface area contributed by atoms with Crippen molar-refractivity contribution in [1.29, 1.82) is 0 Å². The maximum absolute atomic E-state index is 12.7. The van der Waals surface area contributed by atoms with E-state index in [-0.39, 0.29) is 43.1 Å². The molecule has 0 aliphatic carbocycles. The first-order chi connectivity index (χ1) is 15.2. The van der Waals surface area contributed by atoms with Gasteiger partial charge in [0.1, 0.15) is 6.61 Å². The number of halogens is 3. The SMILES string of the molecule is CCON=Cc1ccc2[nH]nc(-c3cccc(C(=O)NCCC4CCCCN4)c3)c2c1.Cl.Cl.Cl. The second kappa shape index (κ2) is 14.8. The van der Waals surface area contributed by atoms with Crippen LogP contribution in [0.25, 0.3) is 22.2 Å². The van der Waals surface area contributed by atoms with Gasteiger partial charge in [0.2, 0.25) is 0 Å². The monoisotopic (exact) mass is 527 g/mol. The molecule has 34 heavy (non-hydrogen) atoms. The Hall–Kier alpha value is -2.32. The summed E-state index contributed by atoms with van der Waals surface area (Å²) in [5.74, 6) is -0.0537. The Morgan fingerprint density at radius 3 is 2.82 bits per heavy atom. The van der Waals surface area contributed by atoms with Gasteiger partial charge in [0, 0.05) is 29.1 Å². The molecule has 2 heterocycles. The zero-order chi connectivity index (χ0) is 21.5. The average Bonchev–Trinajstić information content (AvgIpc) is 3.23. The Balaban J connectivity index is 0.00000193. The number of carbonyl (C=O) groups is 1. The van der Waals surface area contributed by atoms with Crippen LogP contribution in [-0.2, 0) is 4.84 Å². The van der Waals surface area contributed by atoms with Crippen LogP contribution >= 0.6 is 37.2 Å². The number of nitrogens with one attached hydrogen (secondary N) is 3. The van der Waals surface area contributed by atoms with Gasteiger partial charge in [0.25, 0.3) is 5.91 Å². The molecule has 0 radical (unpaired) electrons. The lowest BCUT2D eigenvalue weighted by Crippen LogP contribution is -2.37. The predicted octanol–water partition coefficient (Wildman–Crippen LogP) is 5.13. The van der Waals surface area contributed by atoms with E-state index in [9.17, 15) is 4.79 Å². The number of hydrogen-bond acceptors (Lipinski definition) is 5. The van der Waals surface area contributed by atoms with E-state index in [4.69, 9.17) is 4.84 Å². The summed E-state index contributed by atoms with van der Waals surface area (Å²) in [6, 6.07) is 14.1. The molecule has 4 rings (SSSR count). The van der Waals surface area contributed by atoms with E-state index in [1.165, 1.54) is 19.3 Å². The highest BCUT2D eigenvalue weighted by Gasteiger charge is 2.14. The molecule has 2 aromatic carbocycles. The van der Waals surface area contributed by atoms with E-state index in [1.54, 1.807) is 6.21 Å². The Morgan fingerprint density at radius 2 is 2.06 bits per heavy atom. The van der Waals surface area contributed by atoms with Gasteiger partial charge in [-0.1, -0.05) is 29.8 Å². The smallest absolute Gasteiger partial charge is 0.251 e. The van der Waals surface area contributed by atoms with Gasteiger partial charge in [0.05, 0.1) is 17.4 Å². The number of nitrogens with zero attached hydrogens (tertiary/aromatic N) is 2. The Morgan fingerprint density at radius 1 is 1.21 bits per heavy atom. The number of piperidine rings is 1. The van der Waals surface area contributed by atoms with Gasteiger partial charge in [0.15, 0.2) is 0 Å². The fourth-order valence-electron chi connectivity index (χ4n) is 3.94. The van der Waals surface area contributed by atoms with Crippen molar-refractivity contribution >= 4 is 60.2 Å². The average molecular weight is 529 g/mol. The van der Waals surface area contributed by atoms with Crippen LogP contribution in [0, 0.1) is 0 Å². The van der Waals surface area contributed by atoms with Crippen LogP contribution in [0.1, 0.15) is 48.5 Å². The number of fused-ring (bicyclic) bond motifs is 1. The first-order valence-electron chi connectivity index (χ1n) is 11.0. The predicted molar refractivity (Wildman–Crippen MR) is 145 cm³/mol. The molecule has 1 aliphatic rings. The number of carbonyl (C=O) groups excluding carboxylic acids is 1. The molecule has 3 N–H and O–H groups in total. The first-order valence-corrected chi connectivity index (χ1v) is 11.0. The lowest BCUT2D eigenvalue weighted by molar-refractivity contribution is 0.0951. The van der Waals surface area contributed by atoms with Crippen molar-refractivity contribution in [3.63, 3.8) is 0 Å². The highest BCUT2D eigenvalue weighted by Crippen LogP contribution is 2.27. The number of H-pyrrole nitrogens is 1. The third-order valence-electron chi connectivity index (χ3n) is 5.58. The normalized spacial score (nSPS) is 15.1. The standard InChI is InChI=1S/C24H29N5O2.3ClH/c1-2-31-27-16-17-9-10-22-21(14-17)23(29-28-22)18-6-5-7-19(15-18)24(30)26-13-11-20-8-3-4-12-25-20;;;/h5-7,9-10,14-16,20,25H,2-4,8,11-13H2,1H3,(H,26,30)(H,28,29);3*1H. The largest absolute Gasteiger partial charge is 0.396 e. The Bertz CT molecular complexity index is 1070. The molecule has 0 bridgehead atoms. The number of benzene rings is 2. The summed E-state index contributed by atoms with van der Waals surface area (Å²) in [4.78, 5) is 17.7. The van der Waals surface area contributed by atoms with Gasteiger partial charge in [-0.15, -0.1) is 37.2 Å². The summed E-state index contributed by atoms with van der Waals surface area (Å²) < 4.78 is 0. The molecule has 1 aliphatic heterocycles. The van der Waals surface area contributed by atoms with Crippen LogP contribution in [0.15, 0.2) is 47.6 Å². The number of aromatic nitrogens is 2. The zero-order valence-corrected chi connectivity index (χ0v) is 21.5. The summed E-state index contributed by atoms with van der Waals surface area (Å²) in [7, 11) is 0. The fourth-order valence-corrected chi connectivity index (χ4v) is 3.94. The van der Waals surface area contributed by atoms with Crippen molar-refractivity contribution in [3.8, 4) is 11.3 Å². The number of oxime groups is 1.